The fraction of sp³-hybridized carbons (Fsp3) is 0.0714. The summed E-state index contributed by atoms with van der Waals surface area (Å²) >= 11 is 0. The highest BCUT2D eigenvalue weighted by atomic mass is 14.9. The minimum atomic E-state index is 0.521. The molecule has 0 aliphatic carbocycles. The van der Waals surface area contributed by atoms with Gasteiger partial charge in [-0.2, -0.15) is 0 Å². The quantitative estimate of drug-likeness (QED) is 0.701. The molecule has 3 N–H and O–H groups in total. The van der Waals surface area contributed by atoms with E-state index in [1.807, 2.05) is 48.5 Å². The van der Waals surface area contributed by atoms with Crippen LogP contribution in [-0.2, 0) is 6.54 Å². The molecule has 0 aliphatic rings. The normalized spacial score (nSPS) is 10.9. The molecule has 0 spiro atoms. The Morgan fingerprint density at radius 2 is 1.76 bits per heavy atom. The molecule has 3 aromatic rings. The van der Waals surface area contributed by atoms with Crippen molar-refractivity contribution in [3.05, 3.63) is 54.1 Å². The van der Waals surface area contributed by atoms with E-state index in [4.69, 9.17) is 5.73 Å². The van der Waals surface area contributed by atoms with Crippen LogP contribution in [0.5, 0.6) is 0 Å². The standard InChI is InChI=1S/C14H13N3/c15-9-10-5-1-2-6-11(10)14-16-12-7-3-4-8-13(12)17-14/h1-8H,9,15H2,(H,16,17). The Morgan fingerprint density at radius 1 is 1.00 bits per heavy atom. The number of hydrogen-bond acceptors (Lipinski definition) is 2. The molecule has 3 heteroatoms. The molecule has 1 heterocycles. The fourth-order valence-electron chi connectivity index (χ4n) is 2.01. The smallest absolute Gasteiger partial charge is 0.138 e. The van der Waals surface area contributed by atoms with E-state index in [1.165, 1.54) is 0 Å². The number of benzene rings is 2. The molecule has 0 saturated carbocycles. The molecule has 0 radical (unpaired) electrons. The molecule has 0 bridgehead atoms. The second kappa shape index (κ2) is 4.03. The van der Waals surface area contributed by atoms with Crippen molar-refractivity contribution >= 4 is 11.0 Å². The highest BCUT2D eigenvalue weighted by molar-refractivity contribution is 5.79. The molecule has 0 saturated heterocycles. The summed E-state index contributed by atoms with van der Waals surface area (Å²) in [6.07, 6.45) is 0. The first-order valence-electron chi connectivity index (χ1n) is 5.61. The topological polar surface area (TPSA) is 54.7 Å². The van der Waals surface area contributed by atoms with Crippen LogP contribution < -0.4 is 5.73 Å². The van der Waals surface area contributed by atoms with Gasteiger partial charge >= 0.3 is 0 Å². The van der Waals surface area contributed by atoms with Crippen LogP contribution in [0, 0.1) is 0 Å². The molecular weight excluding hydrogens is 210 g/mol. The van der Waals surface area contributed by atoms with Crippen molar-refractivity contribution in [3.63, 3.8) is 0 Å². The average Bonchev–Trinajstić information content (AvgIpc) is 2.82. The first kappa shape index (κ1) is 10.1. The lowest BCUT2D eigenvalue weighted by Crippen LogP contribution is -1.99. The lowest BCUT2D eigenvalue weighted by atomic mass is 10.1. The van der Waals surface area contributed by atoms with Gasteiger partial charge in [-0.1, -0.05) is 36.4 Å². The van der Waals surface area contributed by atoms with Gasteiger partial charge in [0, 0.05) is 12.1 Å². The van der Waals surface area contributed by atoms with E-state index >= 15 is 0 Å². The van der Waals surface area contributed by atoms with Crippen LogP contribution in [0.2, 0.25) is 0 Å². The second-order valence-corrected chi connectivity index (χ2v) is 3.96. The molecule has 0 aliphatic heterocycles. The largest absolute Gasteiger partial charge is 0.338 e. The maximum Gasteiger partial charge on any atom is 0.138 e. The van der Waals surface area contributed by atoms with Crippen molar-refractivity contribution < 1.29 is 0 Å². The SMILES string of the molecule is NCc1ccccc1-c1nc2ccccc2[nH]1. The third-order valence-electron chi connectivity index (χ3n) is 2.88. The second-order valence-electron chi connectivity index (χ2n) is 3.96. The van der Waals surface area contributed by atoms with E-state index in [1.54, 1.807) is 0 Å². The number of fused-ring (bicyclic) bond motifs is 1. The zero-order valence-corrected chi connectivity index (χ0v) is 9.35. The van der Waals surface area contributed by atoms with Gasteiger partial charge in [0.15, 0.2) is 0 Å². The van der Waals surface area contributed by atoms with Gasteiger partial charge in [-0.25, -0.2) is 4.98 Å². The van der Waals surface area contributed by atoms with Crippen molar-refractivity contribution in [2.24, 2.45) is 5.73 Å². The highest BCUT2D eigenvalue weighted by Crippen LogP contribution is 2.23. The Balaban J connectivity index is 2.20. The van der Waals surface area contributed by atoms with Gasteiger partial charge in [-0.05, 0) is 17.7 Å². The third-order valence-corrected chi connectivity index (χ3v) is 2.88. The maximum atomic E-state index is 5.74. The maximum absolute atomic E-state index is 5.74. The number of nitrogens with zero attached hydrogens (tertiary/aromatic N) is 1. The van der Waals surface area contributed by atoms with Crippen molar-refractivity contribution in [1.82, 2.24) is 9.97 Å². The first-order chi connectivity index (χ1) is 8.38. The van der Waals surface area contributed by atoms with Gasteiger partial charge in [0.1, 0.15) is 5.82 Å². The van der Waals surface area contributed by atoms with Gasteiger partial charge in [0.25, 0.3) is 0 Å². The van der Waals surface area contributed by atoms with Crippen LogP contribution >= 0.6 is 0 Å². The van der Waals surface area contributed by atoms with E-state index in [9.17, 15) is 0 Å². The van der Waals surface area contributed by atoms with E-state index in [0.717, 1.165) is 28.0 Å². The molecule has 3 nitrogen and oxygen atoms in total. The molecular formula is C14H13N3. The summed E-state index contributed by atoms with van der Waals surface area (Å²) in [6.45, 7) is 0.521. The predicted octanol–water partition coefficient (Wildman–Crippen LogP) is 2.69. The van der Waals surface area contributed by atoms with E-state index in [-0.39, 0.29) is 0 Å². The van der Waals surface area contributed by atoms with Gasteiger partial charge in [-0.3, -0.25) is 0 Å². The summed E-state index contributed by atoms with van der Waals surface area (Å²) in [5.74, 6) is 0.882. The summed E-state index contributed by atoms with van der Waals surface area (Å²) < 4.78 is 0. The number of nitrogens with two attached hydrogens (primary N) is 1. The number of rotatable bonds is 2. The fourth-order valence-corrected chi connectivity index (χ4v) is 2.01. The van der Waals surface area contributed by atoms with Crippen molar-refractivity contribution in [1.29, 1.82) is 0 Å². The number of nitrogens with one attached hydrogen (secondary N) is 1. The molecule has 17 heavy (non-hydrogen) atoms. The third kappa shape index (κ3) is 1.70. The van der Waals surface area contributed by atoms with Crippen LogP contribution in [0.3, 0.4) is 0 Å². The number of aromatic amines is 1. The number of aromatic nitrogens is 2. The highest BCUT2D eigenvalue weighted by Gasteiger charge is 2.07. The van der Waals surface area contributed by atoms with Crippen LogP contribution in [0.15, 0.2) is 48.5 Å². The Morgan fingerprint density at radius 3 is 2.59 bits per heavy atom. The molecule has 0 unspecified atom stereocenters. The molecule has 3 rings (SSSR count). The lowest BCUT2D eigenvalue weighted by Gasteiger charge is -2.03. The zero-order valence-electron chi connectivity index (χ0n) is 9.35. The van der Waals surface area contributed by atoms with E-state index < -0.39 is 0 Å². The minimum Gasteiger partial charge on any atom is -0.338 e. The lowest BCUT2D eigenvalue weighted by molar-refractivity contribution is 1.07. The number of imidazole rings is 1. The Bertz CT molecular complexity index is 622. The van der Waals surface area contributed by atoms with Crippen LogP contribution in [0.25, 0.3) is 22.4 Å². The molecule has 84 valence electrons. The van der Waals surface area contributed by atoms with Crippen LogP contribution in [0.4, 0.5) is 0 Å². The van der Waals surface area contributed by atoms with E-state index in [0.29, 0.717) is 6.54 Å². The van der Waals surface area contributed by atoms with Gasteiger partial charge in [0.05, 0.1) is 11.0 Å². The van der Waals surface area contributed by atoms with Crippen molar-refractivity contribution in [2.45, 2.75) is 6.54 Å². The Hall–Kier alpha value is -2.13. The minimum absolute atomic E-state index is 0.521. The molecule has 0 atom stereocenters. The van der Waals surface area contributed by atoms with Crippen LogP contribution in [0.1, 0.15) is 5.56 Å². The molecule has 1 aromatic heterocycles. The van der Waals surface area contributed by atoms with E-state index in [2.05, 4.69) is 9.97 Å². The first-order valence-corrected chi connectivity index (χ1v) is 5.61. The van der Waals surface area contributed by atoms with Crippen molar-refractivity contribution in [3.8, 4) is 11.4 Å². The molecule has 0 amide bonds. The van der Waals surface area contributed by atoms with Gasteiger partial charge in [-0.15, -0.1) is 0 Å². The summed E-state index contributed by atoms with van der Waals surface area (Å²) in [6, 6.07) is 16.1. The predicted molar refractivity (Wildman–Crippen MR) is 69.4 cm³/mol. The Labute approximate surface area is 99.3 Å². The van der Waals surface area contributed by atoms with Gasteiger partial charge < -0.3 is 10.7 Å². The summed E-state index contributed by atoms with van der Waals surface area (Å²) in [4.78, 5) is 7.90. The summed E-state index contributed by atoms with van der Waals surface area (Å²) in [5, 5.41) is 0. The number of hydrogen-bond donors (Lipinski definition) is 2. The average molecular weight is 223 g/mol. The summed E-state index contributed by atoms with van der Waals surface area (Å²) in [7, 11) is 0. The van der Waals surface area contributed by atoms with Crippen molar-refractivity contribution in [2.75, 3.05) is 0 Å². The number of H-pyrrole nitrogens is 1. The summed E-state index contributed by atoms with van der Waals surface area (Å²) in [5.41, 5.74) is 9.95. The monoisotopic (exact) mass is 223 g/mol. The van der Waals surface area contributed by atoms with Crippen LogP contribution in [-0.4, -0.2) is 9.97 Å². The molecule has 2 aromatic carbocycles. The zero-order chi connectivity index (χ0) is 11.7. The Kier molecular flexibility index (Phi) is 2.38. The number of para-hydroxylation sites is 2. The molecule has 0 fully saturated rings. The van der Waals surface area contributed by atoms with Gasteiger partial charge in [0.2, 0.25) is 0 Å².